The highest BCUT2D eigenvalue weighted by Gasteiger charge is 2.29. The third-order valence-electron chi connectivity index (χ3n) is 3.52. The Morgan fingerprint density at radius 2 is 2.31 bits per heavy atom. The fourth-order valence-electron chi connectivity index (χ4n) is 2.56. The van der Waals surface area contributed by atoms with Crippen molar-refractivity contribution >= 4 is 21.6 Å². The third-order valence-corrected chi connectivity index (χ3v) is 4.01. The van der Waals surface area contributed by atoms with Crippen molar-refractivity contribution in [1.29, 1.82) is 0 Å². The van der Waals surface area contributed by atoms with Crippen molar-refractivity contribution in [3.8, 4) is 0 Å². The Kier molecular flexibility index (Phi) is 3.87. The molecule has 2 unspecified atom stereocenters. The molecule has 0 aromatic heterocycles. The molecule has 0 bridgehead atoms. The van der Waals surface area contributed by atoms with Gasteiger partial charge < -0.3 is 10.2 Å². The zero-order valence-corrected chi connectivity index (χ0v) is 11.5. The summed E-state index contributed by atoms with van der Waals surface area (Å²) < 4.78 is 1.16. The predicted octanol–water partition coefficient (Wildman–Crippen LogP) is 2.88. The molecule has 1 heterocycles. The second kappa shape index (κ2) is 5.19. The summed E-state index contributed by atoms with van der Waals surface area (Å²) in [4.78, 5) is 2.51. The first-order valence-electron chi connectivity index (χ1n) is 5.89. The Hall–Kier alpha value is -0.540. The van der Waals surface area contributed by atoms with Crippen molar-refractivity contribution in [3.63, 3.8) is 0 Å². The fourth-order valence-corrected chi connectivity index (χ4v) is 2.95. The molecule has 0 radical (unpaired) electrons. The number of nitrogens with zero attached hydrogens (tertiary/aromatic N) is 1. The summed E-state index contributed by atoms with van der Waals surface area (Å²) in [6.07, 6.45) is 1.29. The monoisotopic (exact) mass is 282 g/mol. The lowest BCUT2D eigenvalue weighted by Crippen LogP contribution is -2.33. The molecule has 1 aliphatic rings. The van der Waals surface area contributed by atoms with Crippen molar-refractivity contribution in [2.75, 3.05) is 25.0 Å². The minimum absolute atomic E-state index is 0.627. The van der Waals surface area contributed by atoms with E-state index in [9.17, 15) is 0 Å². The lowest BCUT2D eigenvalue weighted by molar-refractivity contribution is 0.473. The molecule has 1 N–H and O–H groups in total. The number of nitrogens with one attached hydrogen (secondary N) is 1. The highest BCUT2D eigenvalue weighted by molar-refractivity contribution is 9.10. The molecule has 0 saturated carbocycles. The van der Waals surface area contributed by atoms with Gasteiger partial charge in [0.25, 0.3) is 0 Å². The molecule has 1 aliphatic heterocycles. The summed E-state index contributed by atoms with van der Waals surface area (Å²) in [6, 6.07) is 9.22. The van der Waals surface area contributed by atoms with Crippen molar-refractivity contribution in [2.24, 2.45) is 5.92 Å². The van der Waals surface area contributed by atoms with Crippen molar-refractivity contribution in [3.05, 3.63) is 28.7 Å². The highest BCUT2D eigenvalue weighted by atomic mass is 79.9. The Bertz CT molecular complexity index is 354. The summed E-state index contributed by atoms with van der Waals surface area (Å²) in [5.41, 5.74) is 1.33. The van der Waals surface area contributed by atoms with Crippen molar-refractivity contribution in [2.45, 2.75) is 19.4 Å². The zero-order chi connectivity index (χ0) is 11.5. The molecule has 1 aromatic carbocycles. The van der Waals surface area contributed by atoms with Gasteiger partial charge in [-0.15, -0.1) is 0 Å². The van der Waals surface area contributed by atoms with E-state index >= 15 is 0 Å². The third kappa shape index (κ3) is 2.41. The number of benzene rings is 1. The molecule has 2 nitrogen and oxygen atoms in total. The molecule has 3 heteroatoms. The normalized spacial score (nSPS) is 25.1. The summed E-state index contributed by atoms with van der Waals surface area (Å²) in [6.45, 7) is 4.62. The number of anilines is 1. The lowest BCUT2D eigenvalue weighted by atomic mass is 10.0. The smallest absolute Gasteiger partial charge is 0.0380 e. The van der Waals surface area contributed by atoms with Gasteiger partial charge in [-0.1, -0.05) is 22.0 Å². The number of hydrogen-bond donors (Lipinski definition) is 1. The molecule has 2 atom stereocenters. The molecule has 0 aliphatic carbocycles. The van der Waals surface area contributed by atoms with Gasteiger partial charge in [-0.2, -0.15) is 0 Å². The largest absolute Gasteiger partial charge is 0.368 e. The minimum Gasteiger partial charge on any atom is -0.368 e. The Labute approximate surface area is 106 Å². The van der Waals surface area contributed by atoms with Crippen LogP contribution in [0.3, 0.4) is 0 Å². The summed E-state index contributed by atoms with van der Waals surface area (Å²) in [5.74, 6) is 0.768. The van der Waals surface area contributed by atoms with Gasteiger partial charge in [0.15, 0.2) is 0 Å². The topological polar surface area (TPSA) is 15.3 Å². The van der Waals surface area contributed by atoms with Crippen LogP contribution in [0.5, 0.6) is 0 Å². The van der Waals surface area contributed by atoms with Crippen LogP contribution in [0.4, 0.5) is 5.69 Å². The van der Waals surface area contributed by atoms with E-state index in [1.54, 1.807) is 0 Å². The first kappa shape index (κ1) is 11.9. The molecule has 16 heavy (non-hydrogen) atoms. The van der Waals surface area contributed by atoms with Crippen LogP contribution < -0.4 is 10.2 Å². The SMILES string of the molecule is CNCC1CCN(c2cccc(Br)c2)C1C. The van der Waals surface area contributed by atoms with Gasteiger partial charge in [-0.25, -0.2) is 0 Å². The van der Waals surface area contributed by atoms with Crippen molar-refractivity contribution < 1.29 is 0 Å². The Balaban J connectivity index is 2.12. The van der Waals surface area contributed by atoms with E-state index in [4.69, 9.17) is 0 Å². The standard InChI is InChI=1S/C13H19BrN2/c1-10-11(9-15-2)6-7-16(10)13-5-3-4-12(14)8-13/h3-5,8,10-11,15H,6-7,9H2,1-2H3. The second-order valence-corrected chi connectivity index (χ2v) is 5.44. The van der Waals surface area contributed by atoms with Crippen LogP contribution in [0.15, 0.2) is 28.7 Å². The van der Waals surface area contributed by atoms with Gasteiger partial charge in [0.1, 0.15) is 0 Å². The van der Waals surface area contributed by atoms with Gasteiger partial charge >= 0.3 is 0 Å². The predicted molar refractivity (Wildman–Crippen MR) is 73.0 cm³/mol. The molecule has 1 aromatic rings. The molecule has 2 rings (SSSR count). The maximum atomic E-state index is 3.54. The first-order chi connectivity index (χ1) is 7.72. The maximum absolute atomic E-state index is 3.54. The molecular formula is C13H19BrN2. The van der Waals surface area contributed by atoms with Crippen LogP contribution in [0.2, 0.25) is 0 Å². The van der Waals surface area contributed by atoms with Crippen LogP contribution in [-0.4, -0.2) is 26.2 Å². The van der Waals surface area contributed by atoms with Crippen LogP contribution in [-0.2, 0) is 0 Å². The Morgan fingerprint density at radius 1 is 1.50 bits per heavy atom. The highest BCUT2D eigenvalue weighted by Crippen LogP contribution is 2.30. The first-order valence-corrected chi connectivity index (χ1v) is 6.68. The van der Waals surface area contributed by atoms with Crippen LogP contribution in [0.25, 0.3) is 0 Å². The minimum atomic E-state index is 0.627. The molecule has 1 saturated heterocycles. The fraction of sp³-hybridized carbons (Fsp3) is 0.538. The van der Waals surface area contributed by atoms with E-state index in [0.717, 1.165) is 16.9 Å². The van der Waals surface area contributed by atoms with Gasteiger partial charge in [-0.05, 0) is 51.1 Å². The Morgan fingerprint density at radius 3 is 3.00 bits per heavy atom. The van der Waals surface area contributed by atoms with Gasteiger partial charge in [0, 0.05) is 22.7 Å². The molecule has 0 spiro atoms. The summed E-state index contributed by atoms with van der Waals surface area (Å²) in [5, 5.41) is 3.29. The molecule has 88 valence electrons. The molecule has 1 fully saturated rings. The zero-order valence-electron chi connectivity index (χ0n) is 9.91. The van der Waals surface area contributed by atoms with E-state index in [2.05, 4.69) is 57.3 Å². The number of halogens is 1. The lowest BCUT2D eigenvalue weighted by Gasteiger charge is -2.27. The summed E-state index contributed by atoms with van der Waals surface area (Å²) in [7, 11) is 2.04. The number of hydrogen-bond acceptors (Lipinski definition) is 2. The quantitative estimate of drug-likeness (QED) is 0.917. The molecular weight excluding hydrogens is 264 g/mol. The van der Waals surface area contributed by atoms with Gasteiger partial charge in [0.2, 0.25) is 0 Å². The average Bonchev–Trinajstić information content (AvgIpc) is 2.61. The number of rotatable bonds is 3. The van der Waals surface area contributed by atoms with Crippen molar-refractivity contribution in [1.82, 2.24) is 5.32 Å². The van der Waals surface area contributed by atoms with Gasteiger partial charge in [-0.3, -0.25) is 0 Å². The summed E-state index contributed by atoms with van der Waals surface area (Å²) >= 11 is 3.54. The van der Waals surface area contributed by atoms with E-state index in [0.29, 0.717) is 6.04 Å². The molecule has 0 amide bonds. The van der Waals surface area contributed by atoms with Crippen LogP contribution >= 0.6 is 15.9 Å². The average molecular weight is 283 g/mol. The second-order valence-electron chi connectivity index (χ2n) is 4.52. The van der Waals surface area contributed by atoms with Gasteiger partial charge in [0.05, 0.1) is 0 Å². The van der Waals surface area contributed by atoms with E-state index in [1.807, 2.05) is 7.05 Å². The van der Waals surface area contributed by atoms with E-state index < -0.39 is 0 Å². The maximum Gasteiger partial charge on any atom is 0.0380 e. The van der Waals surface area contributed by atoms with Crippen LogP contribution in [0.1, 0.15) is 13.3 Å². The van der Waals surface area contributed by atoms with Crippen LogP contribution in [0, 0.1) is 5.92 Å². The van der Waals surface area contributed by atoms with E-state index in [1.165, 1.54) is 18.7 Å². The van der Waals surface area contributed by atoms with E-state index in [-0.39, 0.29) is 0 Å².